The molecule has 2 atom stereocenters. The van der Waals surface area contributed by atoms with Crippen molar-refractivity contribution in [3.05, 3.63) is 27.7 Å². The molecule has 1 heterocycles. The van der Waals surface area contributed by atoms with E-state index in [4.69, 9.17) is 34.7 Å². The van der Waals surface area contributed by atoms with Gasteiger partial charge in [0, 0.05) is 30.8 Å². The highest BCUT2D eigenvalue weighted by Gasteiger charge is 2.30. The Morgan fingerprint density at radius 2 is 1.87 bits per heavy atom. The second kappa shape index (κ2) is 7.71. The van der Waals surface area contributed by atoms with Gasteiger partial charge in [-0.15, -0.1) is 0 Å². The summed E-state index contributed by atoms with van der Waals surface area (Å²) in [6, 6.07) is 2.26. The van der Waals surface area contributed by atoms with Crippen molar-refractivity contribution < 1.29 is 9.90 Å². The van der Waals surface area contributed by atoms with Gasteiger partial charge in [-0.2, -0.15) is 0 Å². The maximum atomic E-state index is 12.1. The fraction of sp³-hybridized carbons (Fsp3) is 0.562. The molecule has 0 spiro atoms. The van der Waals surface area contributed by atoms with Gasteiger partial charge in [-0.25, -0.2) is 0 Å². The Labute approximate surface area is 146 Å². The summed E-state index contributed by atoms with van der Waals surface area (Å²) in [6.07, 6.45) is 2.17. The van der Waals surface area contributed by atoms with Crippen LogP contribution < -0.4 is 11.5 Å². The Hall–Kier alpha value is -1.01. The van der Waals surface area contributed by atoms with Crippen LogP contribution in [-0.4, -0.2) is 35.0 Å². The van der Waals surface area contributed by atoms with Gasteiger partial charge >= 0.3 is 0 Å². The molecule has 0 saturated carbocycles. The largest absolute Gasteiger partial charge is 0.508 e. The number of likely N-dealkylation sites (tertiary alicyclic amines) is 1. The molecule has 0 aromatic heterocycles. The third-order valence-electron chi connectivity index (χ3n) is 4.54. The lowest BCUT2D eigenvalue weighted by atomic mass is 9.85. The number of rotatable bonds is 4. The van der Waals surface area contributed by atoms with Crippen molar-refractivity contribution in [2.75, 3.05) is 13.1 Å². The zero-order valence-electron chi connectivity index (χ0n) is 13.1. The van der Waals surface area contributed by atoms with Crippen molar-refractivity contribution in [3.63, 3.8) is 0 Å². The number of hydrogen-bond acceptors (Lipinski definition) is 4. The third-order valence-corrected chi connectivity index (χ3v) is 5.27. The van der Waals surface area contributed by atoms with Gasteiger partial charge in [-0.05, 0) is 31.2 Å². The minimum absolute atomic E-state index is 0.00286. The Morgan fingerprint density at radius 1 is 1.30 bits per heavy atom. The van der Waals surface area contributed by atoms with Crippen LogP contribution in [0.4, 0.5) is 0 Å². The molecule has 2 rings (SSSR count). The first-order valence-electron chi connectivity index (χ1n) is 7.83. The first-order chi connectivity index (χ1) is 10.8. The van der Waals surface area contributed by atoms with Crippen LogP contribution in [0.5, 0.6) is 5.75 Å². The zero-order chi connectivity index (χ0) is 17.1. The molecule has 23 heavy (non-hydrogen) atoms. The molecule has 1 fully saturated rings. The number of nitrogens with zero attached hydrogens (tertiary/aromatic N) is 1. The van der Waals surface area contributed by atoms with Crippen LogP contribution in [0.15, 0.2) is 12.1 Å². The van der Waals surface area contributed by atoms with E-state index in [1.165, 1.54) is 6.07 Å². The number of phenolic OH excluding ortho intramolecular Hbond substituents is 1. The minimum Gasteiger partial charge on any atom is -0.508 e. The second-order valence-electron chi connectivity index (χ2n) is 6.03. The van der Waals surface area contributed by atoms with E-state index in [0.29, 0.717) is 35.1 Å². The highest BCUT2D eigenvalue weighted by molar-refractivity contribution is 6.42. The van der Waals surface area contributed by atoms with Gasteiger partial charge in [-0.1, -0.05) is 30.1 Å². The molecule has 128 valence electrons. The molecule has 1 aliphatic rings. The van der Waals surface area contributed by atoms with E-state index in [1.54, 1.807) is 11.0 Å². The zero-order valence-corrected chi connectivity index (χ0v) is 14.6. The van der Waals surface area contributed by atoms with Gasteiger partial charge in [0.1, 0.15) is 5.75 Å². The van der Waals surface area contributed by atoms with Gasteiger partial charge < -0.3 is 21.5 Å². The minimum atomic E-state index is -0.431. The lowest BCUT2D eigenvalue weighted by molar-refractivity contribution is -0.134. The number of piperidine rings is 1. The molecule has 0 radical (unpaired) electrons. The monoisotopic (exact) mass is 359 g/mol. The van der Waals surface area contributed by atoms with Crippen LogP contribution >= 0.6 is 23.2 Å². The summed E-state index contributed by atoms with van der Waals surface area (Å²) in [6.45, 7) is 3.16. The van der Waals surface area contributed by atoms with E-state index in [1.807, 2.05) is 6.92 Å². The summed E-state index contributed by atoms with van der Waals surface area (Å²) in [5.41, 5.74) is 12.7. The van der Waals surface area contributed by atoms with Gasteiger partial charge in [-0.3, -0.25) is 4.79 Å². The van der Waals surface area contributed by atoms with Gasteiger partial charge in [0.15, 0.2) is 0 Å². The number of carbonyl (C=O) groups is 1. The normalized spacial score (nSPS) is 18.7. The molecule has 7 heteroatoms. The van der Waals surface area contributed by atoms with E-state index in [-0.39, 0.29) is 23.6 Å². The van der Waals surface area contributed by atoms with Crippen LogP contribution in [0.1, 0.15) is 37.8 Å². The standard InChI is InChI=1S/C16H23Cl2N3O2/c1-2-13(19)16(23)21-5-3-9(4-6-21)15(20)10-7-11(17)12(18)8-14(10)22/h7-9,13,15,22H,2-6,19-20H2,1H3/t13-,15-/m1/s1. The van der Waals surface area contributed by atoms with Gasteiger partial charge in [0.25, 0.3) is 0 Å². The van der Waals surface area contributed by atoms with Crippen LogP contribution in [0.25, 0.3) is 0 Å². The number of halogens is 2. The molecule has 5 N–H and O–H groups in total. The Kier molecular flexibility index (Phi) is 6.14. The number of carbonyl (C=O) groups excluding carboxylic acids is 1. The molecule has 0 bridgehead atoms. The van der Waals surface area contributed by atoms with Gasteiger partial charge in [0.2, 0.25) is 5.91 Å². The quantitative estimate of drug-likeness (QED) is 0.770. The van der Waals surface area contributed by atoms with Crippen molar-refractivity contribution in [3.8, 4) is 5.75 Å². The van der Waals surface area contributed by atoms with E-state index < -0.39 is 6.04 Å². The van der Waals surface area contributed by atoms with E-state index >= 15 is 0 Å². The van der Waals surface area contributed by atoms with Crippen LogP contribution in [0, 0.1) is 5.92 Å². The predicted molar refractivity (Wildman–Crippen MR) is 92.6 cm³/mol. The molecule has 1 amide bonds. The second-order valence-corrected chi connectivity index (χ2v) is 6.84. The first kappa shape index (κ1) is 18.3. The summed E-state index contributed by atoms with van der Waals surface area (Å²) in [4.78, 5) is 13.9. The van der Waals surface area contributed by atoms with Crippen LogP contribution in [-0.2, 0) is 4.79 Å². The fourth-order valence-corrected chi connectivity index (χ4v) is 3.29. The van der Waals surface area contributed by atoms with Gasteiger partial charge in [0.05, 0.1) is 16.1 Å². The molecular formula is C16H23Cl2N3O2. The number of phenols is 1. The number of hydrogen-bond donors (Lipinski definition) is 3. The summed E-state index contributed by atoms with van der Waals surface area (Å²) in [7, 11) is 0. The highest BCUT2D eigenvalue weighted by atomic mass is 35.5. The Balaban J connectivity index is 2.03. The fourth-order valence-electron chi connectivity index (χ4n) is 2.96. The SMILES string of the molecule is CC[C@@H](N)C(=O)N1CCC([C@@H](N)c2cc(Cl)c(Cl)cc2O)CC1. The molecule has 5 nitrogen and oxygen atoms in total. The smallest absolute Gasteiger partial charge is 0.239 e. The van der Waals surface area contributed by atoms with Crippen molar-refractivity contribution in [1.29, 1.82) is 0 Å². The van der Waals surface area contributed by atoms with E-state index in [0.717, 1.165) is 12.8 Å². The van der Waals surface area contributed by atoms with Crippen molar-refractivity contribution in [2.24, 2.45) is 17.4 Å². The molecule has 1 aliphatic heterocycles. The predicted octanol–water partition coefficient (Wildman–Crippen LogP) is 2.67. The molecule has 0 aliphatic carbocycles. The first-order valence-corrected chi connectivity index (χ1v) is 8.58. The lowest BCUT2D eigenvalue weighted by Crippen LogP contribution is -2.47. The number of nitrogens with two attached hydrogens (primary N) is 2. The van der Waals surface area contributed by atoms with Crippen LogP contribution in [0.2, 0.25) is 10.0 Å². The molecule has 1 aromatic rings. The molecule has 1 saturated heterocycles. The summed E-state index contributed by atoms with van der Waals surface area (Å²) < 4.78 is 0. The average molecular weight is 360 g/mol. The number of benzene rings is 1. The topological polar surface area (TPSA) is 92.6 Å². The van der Waals surface area contributed by atoms with E-state index in [2.05, 4.69) is 0 Å². The van der Waals surface area contributed by atoms with Crippen LogP contribution in [0.3, 0.4) is 0 Å². The molecule has 0 unspecified atom stereocenters. The lowest BCUT2D eigenvalue weighted by Gasteiger charge is -2.36. The van der Waals surface area contributed by atoms with Crippen molar-refractivity contribution >= 4 is 29.1 Å². The highest BCUT2D eigenvalue weighted by Crippen LogP contribution is 2.37. The Bertz CT molecular complexity index is 575. The maximum absolute atomic E-state index is 12.1. The van der Waals surface area contributed by atoms with Crippen molar-refractivity contribution in [2.45, 2.75) is 38.3 Å². The average Bonchev–Trinajstić information content (AvgIpc) is 2.56. The molecular weight excluding hydrogens is 337 g/mol. The third kappa shape index (κ3) is 4.10. The molecule has 1 aromatic carbocycles. The summed E-state index contributed by atoms with van der Waals surface area (Å²) in [5, 5.41) is 10.7. The number of aromatic hydroxyl groups is 1. The Morgan fingerprint density at radius 3 is 2.43 bits per heavy atom. The number of amides is 1. The maximum Gasteiger partial charge on any atom is 0.239 e. The summed E-state index contributed by atoms with van der Waals surface area (Å²) >= 11 is 11.9. The van der Waals surface area contributed by atoms with Crippen molar-refractivity contribution in [1.82, 2.24) is 4.90 Å². The van der Waals surface area contributed by atoms with E-state index in [9.17, 15) is 9.90 Å². The summed E-state index contributed by atoms with van der Waals surface area (Å²) in [5.74, 6) is 0.218.